The van der Waals surface area contributed by atoms with Crippen molar-refractivity contribution in [2.24, 2.45) is 11.7 Å². The van der Waals surface area contributed by atoms with Crippen LogP contribution >= 0.6 is 23.6 Å². The SMILES string of the molecule is CCc1c(C)sc(NC(=S)NC(=O)c2cccc(OCC(C)C)c2)c1C(N)=O. The highest BCUT2D eigenvalue weighted by Crippen LogP contribution is 2.33. The molecule has 0 aliphatic heterocycles. The minimum Gasteiger partial charge on any atom is -0.493 e. The molecule has 6 nitrogen and oxygen atoms in total. The molecule has 1 aromatic heterocycles. The molecule has 0 aliphatic carbocycles. The van der Waals surface area contributed by atoms with Crippen molar-refractivity contribution >= 4 is 45.5 Å². The molecule has 0 radical (unpaired) electrons. The number of hydrogen-bond donors (Lipinski definition) is 3. The molecule has 2 amide bonds. The topological polar surface area (TPSA) is 93.4 Å². The molecule has 0 saturated heterocycles. The van der Waals surface area contributed by atoms with E-state index in [2.05, 4.69) is 24.5 Å². The van der Waals surface area contributed by atoms with Gasteiger partial charge in [-0.05, 0) is 55.2 Å². The quantitative estimate of drug-likeness (QED) is 0.592. The van der Waals surface area contributed by atoms with Gasteiger partial charge in [0.2, 0.25) is 0 Å². The third-order valence-corrected chi connectivity index (χ3v) is 5.21. The molecule has 0 spiro atoms. The lowest BCUT2D eigenvalue weighted by Gasteiger charge is -2.11. The van der Waals surface area contributed by atoms with E-state index in [1.165, 1.54) is 11.3 Å². The third kappa shape index (κ3) is 5.53. The molecule has 2 aromatic rings. The Hall–Kier alpha value is -2.45. The van der Waals surface area contributed by atoms with Gasteiger partial charge in [-0.3, -0.25) is 14.9 Å². The Labute approximate surface area is 174 Å². The van der Waals surface area contributed by atoms with Gasteiger partial charge in [0.05, 0.1) is 12.2 Å². The second kappa shape index (κ2) is 9.66. The van der Waals surface area contributed by atoms with Crippen LogP contribution in [0, 0.1) is 12.8 Å². The van der Waals surface area contributed by atoms with Crippen LogP contribution in [0.1, 0.15) is 51.9 Å². The van der Waals surface area contributed by atoms with Gasteiger partial charge in [0.1, 0.15) is 10.8 Å². The molecule has 8 heteroatoms. The van der Waals surface area contributed by atoms with Crippen molar-refractivity contribution < 1.29 is 14.3 Å². The fourth-order valence-corrected chi connectivity index (χ4v) is 4.07. The number of nitrogens with one attached hydrogen (secondary N) is 2. The van der Waals surface area contributed by atoms with Gasteiger partial charge in [0.25, 0.3) is 11.8 Å². The molecule has 0 bridgehead atoms. The minimum atomic E-state index is -0.521. The van der Waals surface area contributed by atoms with Crippen molar-refractivity contribution in [2.45, 2.75) is 34.1 Å². The number of carbonyl (C=O) groups is 2. The fourth-order valence-electron chi connectivity index (χ4n) is 2.65. The van der Waals surface area contributed by atoms with Gasteiger partial charge >= 0.3 is 0 Å². The summed E-state index contributed by atoms with van der Waals surface area (Å²) >= 11 is 6.63. The van der Waals surface area contributed by atoms with Crippen LogP contribution in [0.15, 0.2) is 24.3 Å². The molecule has 1 aromatic carbocycles. The Morgan fingerprint density at radius 3 is 2.64 bits per heavy atom. The molecule has 150 valence electrons. The highest BCUT2D eigenvalue weighted by Gasteiger charge is 2.20. The summed E-state index contributed by atoms with van der Waals surface area (Å²) in [4.78, 5) is 25.3. The number of thiophene rings is 1. The smallest absolute Gasteiger partial charge is 0.257 e. The minimum absolute atomic E-state index is 0.102. The van der Waals surface area contributed by atoms with E-state index in [0.29, 0.717) is 40.8 Å². The van der Waals surface area contributed by atoms with Crippen molar-refractivity contribution in [1.82, 2.24) is 5.32 Å². The Bertz CT molecular complexity index is 891. The number of carbonyl (C=O) groups excluding carboxylic acids is 2. The molecule has 28 heavy (non-hydrogen) atoms. The third-order valence-electron chi connectivity index (χ3n) is 3.94. The van der Waals surface area contributed by atoms with E-state index in [-0.39, 0.29) is 11.0 Å². The molecule has 0 saturated carbocycles. The van der Waals surface area contributed by atoms with Crippen LogP contribution in [0.4, 0.5) is 5.00 Å². The highest BCUT2D eigenvalue weighted by atomic mass is 32.1. The van der Waals surface area contributed by atoms with E-state index in [1.807, 2.05) is 13.8 Å². The average Bonchev–Trinajstić information content (AvgIpc) is 2.95. The van der Waals surface area contributed by atoms with Crippen molar-refractivity contribution in [3.63, 3.8) is 0 Å². The first-order valence-electron chi connectivity index (χ1n) is 9.00. The maximum atomic E-state index is 12.5. The zero-order valence-electron chi connectivity index (χ0n) is 16.4. The van der Waals surface area contributed by atoms with E-state index in [9.17, 15) is 9.59 Å². The van der Waals surface area contributed by atoms with Crippen molar-refractivity contribution in [3.8, 4) is 5.75 Å². The number of amides is 2. The Morgan fingerprint density at radius 2 is 2.04 bits per heavy atom. The first-order chi connectivity index (χ1) is 13.2. The lowest BCUT2D eigenvalue weighted by atomic mass is 10.1. The van der Waals surface area contributed by atoms with Crippen LogP contribution in [-0.4, -0.2) is 23.5 Å². The van der Waals surface area contributed by atoms with E-state index in [4.69, 9.17) is 22.7 Å². The van der Waals surface area contributed by atoms with Gasteiger partial charge in [-0.1, -0.05) is 26.8 Å². The summed E-state index contributed by atoms with van der Waals surface area (Å²) in [5.41, 5.74) is 7.26. The number of ether oxygens (including phenoxy) is 1. The predicted molar refractivity (Wildman–Crippen MR) is 117 cm³/mol. The van der Waals surface area contributed by atoms with Crippen LogP contribution in [0.25, 0.3) is 0 Å². The fraction of sp³-hybridized carbons (Fsp3) is 0.350. The summed E-state index contributed by atoms with van der Waals surface area (Å²) in [6.45, 7) is 8.55. The zero-order valence-corrected chi connectivity index (χ0v) is 18.1. The van der Waals surface area contributed by atoms with Gasteiger partial charge in [-0.15, -0.1) is 11.3 Å². The summed E-state index contributed by atoms with van der Waals surface area (Å²) in [6.07, 6.45) is 0.685. The summed E-state index contributed by atoms with van der Waals surface area (Å²) in [6, 6.07) is 6.90. The molecule has 4 N–H and O–H groups in total. The van der Waals surface area contributed by atoms with Crippen LogP contribution in [0.5, 0.6) is 5.75 Å². The first kappa shape index (κ1) is 21.8. The van der Waals surface area contributed by atoms with Crippen LogP contribution in [0.3, 0.4) is 0 Å². The number of thiocarbonyl (C=S) groups is 1. The molecule has 0 unspecified atom stereocenters. The maximum absolute atomic E-state index is 12.5. The molecule has 0 atom stereocenters. The van der Waals surface area contributed by atoms with Gasteiger partial charge in [-0.25, -0.2) is 0 Å². The lowest BCUT2D eigenvalue weighted by Crippen LogP contribution is -2.34. The standard InChI is InChI=1S/C20H25N3O3S2/c1-5-15-12(4)28-19(16(15)17(21)24)23-20(27)22-18(25)13-7-6-8-14(9-13)26-10-11(2)3/h6-9,11H,5,10H2,1-4H3,(H2,21,24)(H2,22,23,25,27). The van der Waals surface area contributed by atoms with E-state index < -0.39 is 5.91 Å². The largest absolute Gasteiger partial charge is 0.493 e. The Kier molecular flexibility index (Phi) is 7.53. The average molecular weight is 420 g/mol. The monoisotopic (exact) mass is 419 g/mol. The maximum Gasteiger partial charge on any atom is 0.257 e. The van der Waals surface area contributed by atoms with Crippen LogP contribution in [0.2, 0.25) is 0 Å². The van der Waals surface area contributed by atoms with Crippen molar-refractivity contribution in [3.05, 3.63) is 45.8 Å². The Morgan fingerprint density at radius 1 is 1.32 bits per heavy atom. The second-order valence-electron chi connectivity index (χ2n) is 6.70. The van der Waals surface area contributed by atoms with Crippen molar-refractivity contribution in [2.75, 3.05) is 11.9 Å². The summed E-state index contributed by atoms with van der Waals surface area (Å²) < 4.78 is 5.65. The zero-order chi connectivity index (χ0) is 20.8. The first-order valence-corrected chi connectivity index (χ1v) is 10.2. The van der Waals surface area contributed by atoms with E-state index in [0.717, 1.165) is 10.4 Å². The van der Waals surface area contributed by atoms with Gasteiger partial charge in [0, 0.05) is 10.4 Å². The number of aryl methyl sites for hydroxylation is 1. The number of benzene rings is 1. The van der Waals surface area contributed by atoms with E-state index in [1.54, 1.807) is 24.3 Å². The molecule has 0 aliphatic rings. The van der Waals surface area contributed by atoms with Crippen LogP contribution in [-0.2, 0) is 6.42 Å². The predicted octanol–water partition coefficient (Wildman–Crippen LogP) is 3.88. The van der Waals surface area contributed by atoms with E-state index >= 15 is 0 Å². The van der Waals surface area contributed by atoms with Gasteiger partial charge in [-0.2, -0.15) is 0 Å². The van der Waals surface area contributed by atoms with Crippen LogP contribution < -0.4 is 21.1 Å². The van der Waals surface area contributed by atoms with Gasteiger partial charge in [0.15, 0.2) is 5.11 Å². The molecule has 2 rings (SSSR count). The normalized spacial score (nSPS) is 10.6. The number of anilines is 1. The number of hydrogen-bond acceptors (Lipinski definition) is 5. The number of rotatable bonds is 7. The molecule has 1 heterocycles. The molecule has 0 fully saturated rings. The second-order valence-corrected chi connectivity index (χ2v) is 8.33. The highest BCUT2D eigenvalue weighted by molar-refractivity contribution is 7.80. The summed E-state index contributed by atoms with van der Waals surface area (Å²) in [5.74, 6) is 0.124. The van der Waals surface area contributed by atoms with Gasteiger partial charge < -0.3 is 15.8 Å². The molecular weight excluding hydrogens is 394 g/mol. The summed E-state index contributed by atoms with van der Waals surface area (Å²) in [7, 11) is 0. The van der Waals surface area contributed by atoms with Crippen molar-refractivity contribution in [1.29, 1.82) is 0 Å². The number of primary amides is 1. The lowest BCUT2D eigenvalue weighted by molar-refractivity contribution is 0.0975. The summed E-state index contributed by atoms with van der Waals surface area (Å²) in [5, 5.41) is 6.20. The Balaban J connectivity index is 2.09. The molecular formula is C20H25N3O3S2. The number of nitrogens with two attached hydrogens (primary N) is 1.